The number of benzene rings is 6. The predicted octanol–water partition coefficient (Wildman–Crippen LogP) is 11.6. The molecule has 0 bridgehead atoms. The molecule has 8 rings (SSSR count). The summed E-state index contributed by atoms with van der Waals surface area (Å²) in [4.78, 5) is 10.5. The first-order valence-electron chi connectivity index (χ1n) is 18.2. The molecule has 0 radical (unpaired) electrons. The summed E-state index contributed by atoms with van der Waals surface area (Å²) in [5.74, 6) is 0.975. The van der Waals surface area contributed by atoms with E-state index >= 15 is 0 Å². The number of allylic oxidation sites excluding steroid dienone is 4. The number of aromatic nitrogens is 2. The average molecular weight is 689 g/mol. The normalized spacial score (nSPS) is 14.3. The van der Waals surface area contributed by atoms with Gasteiger partial charge in [0.2, 0.25) is 5.90 Å². The Morgan fingerprint density at radius 2 is 1.34 bits per heavy atom. The molecule has 1 heterocycles. The lowest BCUT2D eigenvalue weighted by molar-refractivity contribution is 0.190. The van der Waals surface area contributed by atoms with Crippen molar-refractivity contribution in [3.05, 3.63) is 181 Å². The SMILES string of the molecule is CCC(N)OC(=N)c1cccc(-c2ccc3cccc(-c4ccccc4-c4cc(-c5cccc(-c6ccccc6)c5)nc(C5C=CC=CC5)n4)c3c2)c1. The number of nitrogens with zero attached hydrogens (tertiary/aromatic N) is 2. The van der Waals surface area contributed by atoms with Crippen LogP contribution >= 0.6 is 0 Å². The molecule has 1 aliphatic rings. The zero-order valence-electron chi connectivity index (χ0n) is 29.6. The molecule has 258 valence electrons. The summed E-state index contributed by atoms with van der Waals surface area (Å²) in [6, 6.07) is 50.7. The van der Waals surface area contributed by atoms with Gasteiger partial charge in [-0.3, -0.25) is 11.1 Å². The third kappa shape index (κ3) is 7.21. The van der Waals surface area contributed by atoms with E-state index in [1.54, 1.807) is 0 Å². The Morgan fingerprint density at radius 3 is 2.15 bits per heavy atom. The standard InChI is InChI=1S/C48H40N4O/c1-2-46(49)53-47(50)39-22-12-20-36(29-39)37-27-26-33-18-13-25-41(43(33)30-37)40-23-9-10-24-42(40)45-31-44(51-48(52-45)34-16-7-4-8-17-34)38-21-11-19-35(28-38)32-14-5-3-6-15-32/h3-16,18-31,34,46,50H,2,17,49H2,1H3. The number of hydrogen-bond donors (Lipinski definition) is 2. The molecule has 5 nitrogen and oxygen atoms in total. The first-order chi connectivity index (χ1) is 26.0. The van der Waals surface area contributed by atoms with Crippen LogP contribution in [-0.4, -0.2) is 22.1 Å². The van der Waals surface area contributed by atoms with Crippen molar-refractivity contribution in [2.45, 2.75) is 31.9 Å². The average Bonchev–Trinajstić information content (AvgIpc) is 3.23. The second-order valence-electron chi connectivity index (χ2n) is 13.4. The van der Waals surface area contributed by atoms with Crippen LogP contribution < -0.4 is 5.73 Å². The van der Waals surface area contributed by atoms with Crippen molar-refractivity contribution in [1.82, 2.24) is 9.97 Å². The van der Waals surface area contributed by atoms with Crippen LogP contribution in [0, 0.1) is 5.41 Å². The molecule has 0 amide bonds. The van der Waals surface area contributed by atoms with Gasteiger partial charge in [-0.2, -0.15) is 0 Å². The largest absolute Gasteiger partial charge is 0.459 e. The lowest BCUT2D eigenvalue weighted by Gasteiger charge is -2.17. The molecule has 53 heavy (non-hydrogen) atoms. The summed E-state index contributed by atoms with van der Waals surface area (Å²) >= 11 is 0. The van der Waals surface area contributed by atoms with Gasteiger partial charge in [-0.1, -0.05) is 146 Å². The second-order valence-corrected chi connectivity index (χ2v) is 13.4. The van der Waals surface area contributed by atoms with Crippen LogP contribution in [-0.2, 0) is 4.74 Å². The molecule has 0 saturated heterocycles. The van der Waals surface area contributed by atoms with Crippen LogP contribution in [0.25, 0.3) is 66.7 Å². The molecule has 2 atom stereocenters. The summed E-state index contributed by atoms with van der Waals surface area (Å²) in [5, 5.41) is 10.8. The van der Waals surface area contributed by atoms with E-state index in [0.29, 0.717) is 12.0 Å². The van der Waals surface area contributed by atoms with Gasteiger partial charge in [0.15, 0.2) is 0 Å². The highest BCUT2D eigenvalue weighted by molar-refractivity contribution is 6.02. The first-order valence-corrected chi connectivity index (χ1v) is 18.2. The van der Waals surface area contributed by atoms with E-state index in [1.807, 2.05) is 31.2 Å². The van der Waals surface area contributed by atoms with Gasteiger partial charge in [-0.05, 0) is 87.3 Å². The quantitative estimate of drug-likeness (QED) is 0.0898. The number of rotatable bonds is 9. The number of fused-ring (bicyclic) bond motifs is 1. The summed E-state index contributed by atoms with van der Waals surface area (Å²) in [6.45, 7) is 1.94. The molecule has 1 aliphatic carbocycles. The Labute approximate surface area is 310 Å². The molecule has 1 aromatic heterocycles. The van der Waals surface area contributed by atoms with Crippen molar-refractivity contribution in [2.24, 2.45) is 5.73 Å². The maximum absolute atomic E-state index is 8.49. The van der Waals surface area contributed by atoms with E-state index in [9.17, 15) is 0 Å². The Kier molecular flexibility index (Phi) is 9.57. The second kappa shape index (κ2) is 15.0. The van der Waals surface area contributed by atoms with Crippen molar-refractivity contribution < 1.29 is 4.74 Å². The Morgan fingerprint density at radius 1 is 0.660 bits per heavy atom. The van der Waals surface area contributed by atoms with Crippen LogP contribution in [0.2, 0.25) is 0 Å². The minimum Gasteiger partial charge on any atom is -0.459 e. The van der Waals surface area contributed by atoms with E-state index in [0.717, 1.165) is 73.3 Å². The molecule has 0 saturated carbocycles. The number of nitrogens with one attached hydrogen (secondary N) is 1. The first kappa shape index (κ1) is 33.7. The van der Waals surface area contributed by atoms with E-state index < -0.39 is 6.23 Å². The number of hydrogen-bond acceptors (Lipinski definition) is 5. The molecule has 5 heteroatoms. The van der Waals surface area contributed by atoms with Crippen LogP contribution in [0.1, 0.15) is 37.1 Å². The van der Waals surface area contributed by atoms with Gasteiger partial charge in [0, 0.05) is 22.6 Å². The summed E-state index contributed by atoms with van der Waals surface area (Å²) in [5.41, 5.74) is 17.2. The Hall–Kier alpha value is -6.43. The maximum atomic E-state index is 8.49. The fraction of sp³-hybridized carbons (Fsp3) is 0.104. The van der Waals surface area contributed by atoms with Crippen LogP contribution in [0.5, 0.6) is 0 Å². The topological polar surface area (TPSA) is 84.9 Å². The fourth-order valence-electron chi connectivity index (χ4n) is 6.95. The van der Waals surface area contributed by atoms with Gasteiger partial charge in [0.05, 0.1) is 11.4 Å². The fourth-order valence-corrected chi connectivity index (χ4v) is 6.95. The molecule has 0 fully saturated rings. The molecule has 3 N–H and O–H groups in total. The molecular weight excluding hydrogens is 649 g/mol. The van der Waals surface area contributed by atoms with E-state index in [1.165, 1.54) is 5.56 Å². The van der Waals surface area contributed by atoms with Crippen molar-refractivity contribution in [3.63, 3.8) is 0 Å². The van der Waals surface area contributed by atoms with Crippen molar-refractivity contribution >= 4 is 16.7 Å². The highest BCUT2D eigenvalue weighted by atomic mass is 16.5. The van der Waals surface area contributed by atoms with Crippen LogP contribution in [0.4, 0.5) is 0 Å². The minimum atomic E-state index is -0.507. The van der Waals surface area contributed by atoms with Gasteiger partial charge >= 0.3 is 0 Å². The molecule has 6 aromatic carbocycles. The van der Waals surface area contributed by atoms with Gasteiger partial charge in [0.1, 0.15) is 12.1 Å². The lowest BCUT2D eigenvalue weighted by atomic mass is 9.91. The van der Waals surface area contributed by atoms with Crippen LogP contribution in [0.15, 0.2) is 170 Å². The number of nitrogens with two attached hydrogens (primary N) is 1. The van der Waals surface area contributed by atoms with Crippen LogP contribution in [0.3, 0.4) is 0 Å². The highest BCUT2D eigenvalue weighted by Gasteiger charge is 2.19. The molecule has 7 aromatic rings. The maximum Gasteiger partial charge on any atom is 0.214 e. The summed E-state index contributed by atoms with van der Waals surface area (Å²) < 4.78 is 5.63. The third-order valence-electron chi connectivity index (χ3n) is 9.83. The molecule has 2 unspecified atom stereocenters. The van der Waals surface area contributed by atoms with E-state index in [-0.39, 0.29) is 11.8 Å². The number of ether oxygens (including phenoxy) is 1. The monoisotopic (exact) mass is 688 g/mol. The van der Waals surface area contributed by atoms with E-state index in [2.05, 4.69) is 146 Å². The van der Waals surface area contributed by atoms with Crippen molar-refractivity contribution in [3.8, 4) is 55.9 Å². The van der Waals surface area contributed by atoms with Crippen molar-refractivity contribution in [2.75, 3.05) is 0 Å². The van der Waals surface area contributed by atoms with Gasteiger partial charge in [-0.25, -0.2) is 9.97 Å². The van der Waals surface area contributed by atoms with Gasteiger partial charge in [0.25, 0.3) is 0 Å². The summed E-state index contributed by atoms with van der Waals surface area (Å²) in [6.07, 6.45) is 9.54. The lowest BCUT2D eigenvalue weighted by Crippen LogP contribution is -2.26. The van der Waals surface area contributed by atoms with Crippen molar-refractivity contribution in [1.29, 1.82) is 5.41 Å². The Bertz CT molecular complexity index is 2500. The summed E-state index contributed by atoms with van der Waals surface area (Å²) in [7, 11) is 0. The molecular formula is C48H40N4O. The minimum absolute atomic E-state index is 0.0757. The zero-order chi connectivity index (χ0) is 36.1. The smallest absolute Gasteiger partial charge is 0.214 e. The molecule has 0 spiro atoms. The third-order valence-corrected chi connectivity index (χ3v) is 9.83. The van der Waals surface area contributed by atoms with E-state index in [4.69, 9.17) is 25.8 Å². The zero-order valence-corrected chi connectivity index (χ0v) is 29.6. The Balaban J connectivity index is 1.24. The van der Waals surface area contributed by atoms with Gasteiger partial charge < -0.3 is 4.74 Å². The predicted molar refractivity (Wildman–Crippen MR) is 219 cm³/mol. The van der Waals surface area contributed by atoms with Gasteiger partial charge in [-0.15, -0.1) is 0 Å². The highest BCUT2D eigenvalue weighted by Crippen LogP contribution is 2.39. The molecule has 0 aliphatic heterocycles.